The van der Waals surface area contributed by atoms with E-state index in [1.165, 1.54) is 11.3 Å². The van der Waals surface area contributed by atoms with Gasteiger partial charge in [0.05, 0.1) is 10.4 Å². The third-order valence-electron chi connectivity index (χ3n) is 2.36. The molecule has 2 aromatic heterocycles. The van der Waals surface area contributed by atoms with Crippen LogP contribution in [0.5, 0.6) is 0 Å². The Labute approximate surface area is 122 Å². The molecule has 0 saturated carbocycles. The Kier molecular flexibility index (Phi) is 4.37. The van der Waals surface area contributed by atoms with E-state index in [1.807, 2.05) is 19.1 Å². The maximum absolute atomic E-state index is 12.0. The molecule has 18 heavy (non-hydrogen) atoms. The molecule has 3 nitrogen and oxygen atoms in total. The minimum atomic E-state index is -0.130. The fraction of sp³-hybridized carbons (Fsp3) is 0.167. The average molecular weight is 346 g/mol. The van der Waals surface area contributed by atoms with Crippen molar-refractivity contribution in [1.82, 2.24) is 10.3 Å². The van der Waals surface area contributed by atoms with Crippen molar-refractivity contribution in [2.45, 2.75) is 13.0 Å². The molecular formula is C12H10BrClN2OS. The van der Waals surface area contributed by atoms with Crippen molar-refractivity contribution in [3.05, 3.63) is 49.8 Å². The molecule has 2 heterocycles. The highest BCUT2D eigenvalue weighted by Gasteiger charge is 2.13. The number of halogens is 2. The molecule has 2 rings (SSSR count). The molecule has 2 aromatic rings. The van der Waals surface area contributed by atoms with Crippen molar-refractivity contribution in [3.8, 4) is 0 Å². The van der Waals surface area contributed by atoms with Crippen LogP contribution in [0.2, 0.25) is 4.34 Å². The molecular weight excluding hydrogens is 336 g/mol. The lowest BCUT2D eigenvalue weighted by Gasteiger charge is -2.12. The van der Waals surface area contributed by atoms with Gasteiger partial charge in [0.1, 0.15) is 4.60 Å². The van der Waals surface area contributed by atoms with Gasteiger partial charge in [0, 0.05) is 16.6 Å². The van der Waals surface area contributed by atoms with E-state index in [2.05, 4.69) is 26.2 Å². The standard InChI is InChI=1S/C12H10BrClN2OS/c1-7(9-2-3-11(14)18-9)16-12(17)8-4-5-15-10(13)6-8/h2-7H,1H3,(H,16,17). The number of thiophene rings is 1. The molecule has 6 heteroatoms. The molecule has 0 aliphatic heterocycles. The first kappa shape index (κ1) is 13.5. The first-order valence-corrected chi connectivity index (χ1v) is 7.22. The lowest BCUT2D eigenvalue weighted by molar-refractivity contribution is 0.0940. The number of nitrogens with one attached hydrogen (secondary N) is 1. The minimum absolute atomic E-state index is 0.0676. The molecule has 0 fully saturated rings. The third kappa shape index (κ3) is 3.31. The molecule has 0 bridgehead atoms. The van der Waals surface area contributed by atoms with Crippen LogP contribution in [0.3, 0.4) is 0 Å². The van der Waals surface area contributed by atoms with Crippen LogP contribution in [0.4, 0.5) is 0 Å². The lowest BCUT2D eigenvalue weighted by atomic mass is 10.2. The molecule has 0 aliphatic carbocycles. The zero-order chi connectivity index (χ0) is 13.1. The molecule has 0 saturated heterocycles. The fourth-order valence-electron chi connectivity index (χ4n) is 1.46. The predicted molar refractivity (Wildman–Crippen MR) is 77.1 cm³/mol. The predicted octanol–water partition coefficient (Wildman–Crippen LogP) is 4.05. The monoisotopic (exact) mass is 344 g/mol. The number of hydrogen-bond acceptors (Lipinski definition) is 3. The normalized spacial score (nSPS) is 12.2. The number of amides is 1. The van der Waals surface area contributed by atoms with Gasteiger partial charge in [0.2, 0.25) is 0 Å². The first-order valence-electron chi connectivity index (χ1n) is 5.24. The summed E-state index contributed by atoms with van der Waals surface area (Å²) in [6, 6.07) is 7.03. The lowest BCUT2D eigenvalue weighted by Crippen LogP contribution is -2.26. The van der Waals surface area contributed by atoms with Gasteiger partial charge < -0.3 is 5.32 Å². The minimum Gasteiger partial charge on any atom is -0.345 e. The van der Waals surface area contributed by atoms with Crippen LogP contribution in [-0.2, 0) is 0 Å². The number of hydrogen-bond donors (Lipinski definition) is 1. The van der Waals surface area contributed by atoms with Gasteiger partial charge in [-0.25, -0.2) is 4.98 Å². The SMILES string of the molecule is CC(NC(=O)c1ccnc(Br)c1)c1ccc(Cl)s1. The van der Waals surface area contributed by atoms with Crippen molar-refractivity contribution >= 4 is 44.8 Å². The van der Waals surface area contributed by atoms with Crippen LogP contribution in [0.25, 0.3) is 0 Å². The van der Waals surface area contributed by atoms with Crippen molar-refractivity contribution in [1.29, 1.82) is 0 Å². The molecule has 0 aromatic carbocycles. The molecule has 1 amide bonds. The van der Waals surface area contributed by atoms with Gasteiger partial charge in [0.15, 0.2) is 0 Å². The highest BCUT2D eigenvalue weighted by atomic mass is 79.9. The molecule has 1 N–H and O–H groups in total. The van der Waals surface area contributed by atoms with E-state index in [4.69, 9.17) is 11.6 Å². The van der Waals surface area contributed by atoms with Crippen LogP contribution in [0.15, 0.2) is 35.1 Å². The van der Waals surface area contributed by atoms with E-state index in [1.54, 1.807) is 18.3 Å². The summed E-state index contributed by atoms with van der Waals surface area (Å²) < 4.78 is 1.36. The molecule has 1 unspecified atom stereocenters. The van der Waals surface area contributed by atoms with Gasteiger partial charge >= 0.3 is 0 Å². The van der Waals surface area contributed by atoms with Crippen molar-refractivity contribution in [2.24, 2.45) is 0 Å². The Bertz CT molecular complexity index is 573. The highest BCUT2D eigenvalue weighted by molar-refractivity contribution is 9.10. The molecule has 0 spiro atoms. The fourth-order valence-corrected chi connectivity index (χ4v) is 2.88. The van der Waals surface area contributed by atoms with Gasteiger partial charge in [-0.3, -0.25) is 4.79 Å². The highest BCUT2D eigenvalue weighted by Crippen LogP contribution is 2.26. The van der Waals surface area contributed by atoms with Gasteiger partial charge in [-0.1, -0.05) is 11.6 Å². The van der Waals surface area contributed by atoms with Gasteiger partial charge in [-0.2, -0.15) is 0 Å². The summed E-state index contributed by atoms with van der Waals surface area (Å²) in [6.07, 6.45) is 1.59. The second kappa shape index (κ2) is 5.82. The quantitative estimate of drug-likeness (QED) is 0.853. The summed E-state index contributed by atoms with van der Waals surface area (Å²) in [5.74, 6) is -0.130. The maximum atomic E-state index is 12.0. The molecule has 0 radical (unpaired) electrons. The summed E-state index contributed by atoms with van der Waals surface area (Å²) in [6.45, 7) is 1.93. The third-order valence-corrected chi connectivity index (χ3v) is 4.20. The van der Waals surface area contributed by atoms with Gasteiger partial charge in [0.25, 0.3) is 5.91 Å². The van der Waals surface area contributed by atoms with Crippen LogP contribution in [0, 0.1) is 0 Å². The number of carbonyl (C=O) groups excluding carboxylic acids is 1. The van der Waals surface area contributed by atoms with Crippen LogP contribution in [0.1, 0.15) is 28.2 Å². The van der Waals surface area contributed by atoms with E-state index in [-0.39, 0.29) is 11.9 Å². The van der Waals surface area contributed by atoms with Crippen LogP contribution >= 0.6 is 38.9 Å². The molecule has 1 atom stereocenters. The Morgan fingerprint density at radius 2 is 2.28 bits per heavy atom. The second-order valence-electron chi connectivity index (χ2n) is 3.70. The number of rotatable bonds is 3. The first-order chi connectivity index (χ1) is 8.56. The Balaban J connectivity index is 2.08. The summed E-state index contributed by atoms with van der Waals surface area (Å²) >= 11 is 10.6. The smallest absolute Gasteiger partial charge is 0.251 e. The van der Waals surface area contributed by atoms with E-state index < -0.39 is 0 Å². The Hall–Kier alpha value is -0.910. The van der Waals surface area contributed by atoms with E-state index >= 15 is 0 Å². The van der Waals surface area contributed by atoms with Crippen LogP contribution < -0.4 is 5.32 Å². The summed E-state index contributed by atoms with van der Waals surface area (Å²) in [5, 5.41) is 2.92. The summed E-state index contributed by atoms with van der Waals surface area (Å²) in [4.78, 5) is 17.0. The second-order valence-corrected chi connectivity index (χ2v) is 6.26. The van der Waals surface area contributed by atoms with Gasteiger partial charge in [-0.05, 0) is 47.1 Å². The average Bonchev–Trinajstić information content (AvgIpc) is 2.76. The number of pyridine rings is 1. The van der Waals surface area contributed by atoms with Crippen molar-refractivity contribution < 1.29 is 4.79 Å². The molecule has 94 valence electrons. The van der Waals surface area contributed by atoms with Gasteiger partial charge in [-0.15, -0.1) is 11.3 Å². The zero-order valence-electron chi connectivity index (χ0n) is 9.48. The number of nitrogens with zero attached hydrogens (tertiary/aromatic N) is 1. The summed E-state index contributed by atoms with van der Waals surface area (Å²) in [7, 11) is 0. The molecule has 0 aliphatic rings. The number of aromatic nitrogens is 1. The summed E-state index contributed by atoms with van der Waals surface area (Å²) in [5.41, 5.74) is 0.575. The zero-order valence-corrected chi connectivity index (χ0v) is 12.6. The Morgan fingerprint density at radius 3 is 2.89 bits per heavy atom. The van der Waals surface area contributed by atoms with E-state index in [0.717, 1.165) is 9.21 Å². The van der Waals surface area contributed by atoms with Crippen molar-refractivity contribution in [2.75, 3.05) is 0 Å². The number of carbonyl (C=O) groups is 1. The topological polar surface area (TPSA) is 42.0 Å². The van der Waals surface area contributed by atoms with E-state index in [9.17, 15) is 4.79 Å². The van der Waals surface area contributed by atoms with E-state index in [0.29, 0.717) is 10.2 Å². The Morgan fingerprint density at radius 1 is 1.50 bits per heavy atom. The largest absolute Gasteiger partial charge is 0.345 e. The maximum Gasteiger partial charge on any atom is 0.251 e. The van der Waals surface area contributed by atoms with Crippen molar-refractivity contribution in [3.63, 3.8) is 0 Å². The van der Waals surface area contributed by atoms with Crippen LogP contribution in [-0.4, -0.2) is 10.9 Å².